The first-order valence-corrected chi connectivity index (χ1v) is 12.6. The molecule has 1 aromatic heterocycles. The first-order valence-electron chi connectivity index (χ1n) is 12.6. The van der Waals surface area contributed by atoms with Gasteiger partial charge in [0.2, 0.25) is 0 Å². The van der Waals surface area contributed by atoms with Crippen molar-refractivity contribution in [1.82, 2.24) is 9.55 Å². The zero-order valence-electron chi connectivity index (χ0n) is 20.1. The van der Waals surface area contributed by atoms with Gasteiger partial charge in [0.05, 0.1) is 31.3 Å². The molecule has 196 valence electrons. The maximum Gasteiger partial charge on any atom is 0.412 e. The molecule has 0 unspecified atom stereocenters. The zero-order valence-corrected chi connectivity index (χ0v) is 20.1. The van der Waals surface area contributed by atoms with Gasteiger partial charge >= 0.3 is 17.8 Å². The number of hydrogen-bond acceptors (Lipinski definition) is 9. The van der Waals surface area contributed by atoms with Crippen molar-refractivity contribution >= 4 is 17.9 Å². The van der Waals surface area contributed by atoms with E-state index in [-0.39, 0.29) is 24.4 Å². The van der Waals surface area contributed by atoms with E-state index in [1.807, 2.05) is 0 Å². The van der Waals surface area contributed by atoms with Gasteiger partial charge in [-0.25, -0.2) is 9.59 Å². The lowest BCUT2D eigenvalue weighted by Crippen LogP contribution is -2.36. The average molecular weight is 504 g/mol. The van der Waals surface area contributed by atoms with E-state index in [1.54, 1.807) is 0 Å². The van der Waals surface area contributed by atoms with Gasteiger partial charge in [-0.05, 0) is 37.5 Å². The van der Waals surface area contributed by atoms with Gasteiger partial charge < -0.3 is 24.4 Å². The summed E-state index contributed by atoms with van der Waals surface area (Å²) >= 11 is 0. The van der Waals surface area contributed by atoms with Gasteiger partial charge in [0.1, 0.15) is 12.2 Å². The standard InChI is InChI=1S/C25H33N3O8/c1-2-17-12-28(24(32)26-22(17)27-25(33)35-14-16-9-5-6-10-16)23-21(31)20(30)18(36-23)11-19(29)34-13-15-7-3-4-8-15/h1,12,15-16,18,20-21,23,30-31H,3-11,13-14H2,(H,26,27,32,33)/t18-,20-,21-,23-/m1/s1. The number of ether oxygens (including phenoxy) is 3. The van der Waals surface area contributed by atoms with Crippen LogP contribution in [0.15, 0.2) is 11.0 Å². The maximum absolute atomic E-state index is 12.7. The van der Waals surface area contributed by atoms with Crippen LogP contribution in [0.25, 0.3) is 0 Å². The van der Waals surface area contributed by atoms with Gasteiger partial charge in [-0.15, -0.1) is 6.42 Å². The number of rotatable bonds is 8. The number of aliphatic hydroxyl groups is 2. The van der Waals surface area contributed by atoms with Crippen molar-refractivity contribution in [3.05, 3.63) is 22.2 Å². The van der Waals surface area contributed by atoms with E-state index in [0.717, 1.165) is 55.9 Å². The molecule has 0 spiro atoms. The lowest BCUT2D eigenvalue weighted by atomic mass is 10.1. The van der Waals surface area contributed by atoms with Crippen LogP contribution in [0.1, 0.15) is 69.6 Å². The van der Waals surface area contributed by atoms with E-state index in [2.05, 4.69) is 16.2 Å². The number of carbonyl (C=O) groups is 2. The van der Waals surface area contributed by atoms with Crippen LogP contribution in [-0.4, -0.2) is 63.4 Å². The Morgan fingerprint density at radius 2 is 1.69 bits per heavy atom. The monoisotopic (exact) mass is 503 g/mol. The predicted molar refractivity (Wildman–Crippen MR) is 127 cm³/mol. The van der Waals surface area contributed by atoms with E-state index in [0.29, 0.717) is 18.4 Å². The molecule has 11 nitrogen and oxygen atoms in total. The highest BCUT2D eigenvalue weighted by Gasteiger charge is 2.45. The van der Waals surface area contributed by atoms with Gasteiger partial charge in [0, 0.05) is 6.20 Å². The zero-order chi connectivity index (χ0) is 25.7. The predicted octanol–water partition coefficient (Wildman–Crippen LogP) is 1.71. The average Bonchev–Trinajstić information content (AvgIpc) is 3.62. The van der Waals surface area contributed by atoms with Crippen LogP contribution >= 0.6 is 0 Å². The Hall–Kier alpha value is -2.94. The molecule has 0 bridgehead atoms. The molecule has 3 aliphatic rings. The summed E-state index contributed by atoms with van der Waals surface area (Å²) in [5.41, 5.74) is -0.821. The number of anilines is 1. The van der Waals surface area contributed by atoms with Crippen LogP contribution in [-0.2, 0) is 19.0 Å². The molecule has 3 fully saturated rings. The SMILES string of the molecule is C#Cc1cn([C@@H]2O[C@H](CC(=O)OCC3CCCC3)[C@@H](O)[C@H]2O)c(=O)nc1NC(=O)OCC1CCCC1. The molecule has 2 aliphatic carbocycles. The number of esters is 1. The molecule has 1 saturated heterocycles. The minimum absolute atomic E-state index is 0.0529. The number of carbonyl (C=O) groups excluding carboxylic acids is 2. The van der Waals surface area contributed by atoms with Gasteiger partial charge in [-0.2, -0.15) is 4.98 Å². The van der Waals surface area contributed by atoms with Gasteiger partial charge in [0.25, 0.3) is 0 Å². The second-order valence-electron chi connectivity index (χ2n) is 9.80. The molecular weight excluding hydrogens is 470 g/mol. The van der Waals surface area contributed by atoms with Gasteiger partial charge in [-0.3, -0.25) is 14.7 Å². The summed E-state index contributed by atoms with van der Waals surface area (Å²) in [5.74, 6) is 2.30. The van der Waals surface area contributed by atoms with Crippen molar-refractivity contribution in [2.24, 2.45) is 11.8 Å². The number of terminal acetylenes is 1. The summed E-state index contributed by atoms with van der Waals surface area (Å²) in [4.78, 5) is 40.9. The summed E-state index contributed by atoms with van der Waals surface area (Å²) in [6, 6.07) is 0. The molecule has 3 N–H and O–H groups in total. The van der Waals surface area contributed by atoms with Crippen LogP contribution in [0.2, 0.25) is 0 Å². The highest BCUT2D eigenvalue weighted by atomic mass is 16.6. The fraction of sp³-hybridized carbons (Fsp3) is 0.680. The number of amides is 1. The molecular formula is C25H33N3O8. The van der Waals surface area contributed by atoms with Crippen LogP contribution in [0.5, 0.6) is 0 Å². The summed E-state index contributed by atoms with van der Waals surface area (Å²) < 4.78 is 17.1. The normalized spacial score (nSPS) is 26.6. The number of nitrogens with zero attached hydrogens (tertiary/aromatic N) is 2. The van der Waals surface area contributed by atoms with Gasteiger partial charge in [0.15, 0.2) is 12.0 Å². The third-order valence-corrected chi connectivity index (χ3v) is 7.19. The van der Waals surface area contributed by atoms with E-state index >= 15 is 0 Å². The Bertz CT molecular complexity index is 1040. The third kappa shape index (κ3) is 6.24. The summed E-state index contributed by atoms with van der Waals surface area (Å²) in [6.07, 6.45) is 8.87. The minimum atomic E-state index is -1.52. The van der Waals surface area contributed by atoms with E-state index in [9.17, 15) is 24.6 Å². The van der Waals surface area contributed by atoms with E-state index < -0.39 is 42.3 Å². The maximum atomic E-state index is 12.7. The molecule has 2 saturated carbocycles. The molecule has 36 heavy (non-hydrogen) atoms. The van der Waals surface area contributed by atoms with Crippen LogP contribution in [0.3, 0.4) is 0 Å². The molecule has 11 heteroatoms. The molecule has 2 heterocycles. The fourth-order valence-corrected chi connectivity index (χ4v) is 5.09. The molecule has 4 rings (SSSR count). The fourth-order valence-electron chi connectivity index (χ4n) is 5.09. The van der Waals surface area contributed by atoms with Crippen LogP contribution in [0.4, 0.5) is 10.6 Å². The molecule has 0 aromatic carbocycles. The van der Waals surface area contributed by atoms with Crippen LogP contribution in [0, 0.1) is 24.2 Å². The summed E-state index contributed by atoms with van der Waals surface area (Å²) in [7, 11) is 0. The molecule has 0 radical (unpaired) electrons. The second kappa shape index (κ2) is 11.9. The smallest absolute Gasteiger partial charge is 0.412 e. The van der Waals surface area contributed by atoms with E-state index in [1.165, 1.54) is 6.20 Å². The lowest BCUT2D eigenvalue weighted by Gasteiger charge is -2.18. The summed E-state index contributed by atoms with van der Waals surface area (Å²) in [5, 5.41) is 23.3. The van der Waals surface area contributed by atoms with Crippen molar-refractivity contribution in [3.63, 3.8) is 0 Å². The molecule has 1 aliphatic heterocycles. The Kier molecular flexibility index (Phi) is 8.61. The van der Waals surface area contributed by atoms with Gasteiger partial charge in [-0.1, -0.05) is 31.6 Å². The van der Waals surface area contributed by atoms with Crippen LogP contribution < -0.4 is 11.0 Å². The van der Waals surface area contributed by atoms with Crippen molar-refractivity contribution in [2.45, 2.75) is 82.3 Å². The first-order chi connectivity index (χ1) is 17.4. The van der Waals surface area contributed by atoms with Crippen molar-refractivity contribution in [3.8, 4) is 12.3 Å². The number of aliphatic hydroxyl groups excluding tert-OH is 2. The van der Waals surface area contributed by atoms with Crippen molar-refractivity contribution < 1.29 is 34.0 Å². The highest BCUT2D eigenvalue weighted by Crippen LogP contribution is 2.31. The Labute approximate surface area is 209 Å². The third-order valence-electron chi connectivity index (χ3n) is 7.19. The van der Waals surface area contributed by atoms with Crippen molar-refractivity contribution in [2.75, 3.05) is 18.5 Å². The van der Waals surface area contributed by atoms with Crippen molar-refractivity contribution in [1.29, 1.82) is 0 Å². The molecule has 4 atom stereocenters. The largest absolute Gasteiger partial charge is 0.465 e. The lowest BCUT2D eigenvalue weighted by molar-refractivity contribution is -0.149. The molecule has 1 amide bonds. The second-order valence-corrected chi connectivity index (χ2v) is 9.80. The number of nitrogens with one attached hydrogen (secondary N) is 1. The number of hydrogen-bond donors (Lipinski definition) is 3. The number of aromatic nitrogens is 2. The summed E-state index contributed by atoms with van der Waals surface area (Å²) in [6.45, 7) is 0.596. The topological polar surface area (TPSA) is 149 Å². The molecule has 1 aromatic rings. The minimum Gasteiger partial charge on any atom is -0.465 e. The Morgan fingerprint density at radius 3 is 2.31 bits per heavy atom. The van der Waals surface area contributed by atoms with E-state index in [4.69, 9.17) is 20.6 Å². The first kappa shape index (κ1) is 26.1. The quantitative estimate of drug-likeness (QED) is 0.356. The Balaban J connectivity index is 1.38. The highest BCUT2D eigenvalue weighted by molar-refractivity contribution is 5.84. The Morgan fingerprint density at radius 1 is 1.08 bits per heavy atom.